The molecule has 134 valence electrons. The Kier molecular flexibility index (Phi) is 3.86. The maximum absolute atomic E-state index is 13.1. The van der Waals surface area contributed by atoms with Gasteiger partial charge in [0.15, 0.2) is 5.65 Å². The number of halogens is 4. The lowest BCUT2D eigenvalue weighted by Gasteiger charge is -2.12. The molecule has 0 fully saturated rings. The molecule has 0 saturated heterocycles. The first-order valence-electron chi connectivity index (χ1n) is 7.52. The first-order chi connectivity index (χ1) is 12.9. The molecule has 1 N–H and O–H groups in total. The van der Waals surface area contributed by atoms with Gasteiger partial charge >= 0.3 is 6.18 Å². The lowest BCUT2D eigenvalue weighted by atomic mass is 10.2. The predicted molar refractivity (Wildman–Crippen MR) is 91.2 cm³/mol. The first kappa shape index (κ1) is 17.1. The van der Waals surface area contributed by atoms with E-state index in [-0.39, 0.29) is 16.4 Å². The lowest BCUT2D eigenvalue weighted by Crippen LogP contribution is -2.07. The van der Waals surface area contributed by atoms with Gasteiger partial charge in [0.05, 0.1) is 33.6 Å². The summed E-state index contributed by atoms with van der Waals surface area (Å²) in [5, 5.41) is 16.8. The van der Waals surface area contributed by atoms with E-state index in [1.165, 1.54) is 29.4 Å². The number of H-pyrrole nitrogens is 1. The normalized spacial score (nSPS) is 11.7. The molecule has 4 aromatic rings. The van der Waals surface area contributed by atoms with Crippen molar-refractivity contribution in [2.24, 2.45) is 0 Å². The minimum absolute atomic E-state index is 0.0479. The molecule has 0 aliphatic heterocycles. The largest absolute Gasteiger partial charge is 0.416 e. The van der Waals surface area contributed by atoms with Crippen LogP contribution in [0.3, 0.4) is 0 Å². The van der Waals surface area contributed by atoms with Gasteiger partial charge in [0.1, 0.15) is 18.1 Å². The van der Waals surface area contributed by atoms with Gasteiger partial charge in [-0.3, -0.25) is 5.10 Å². The van der Waals surface area contributed by atoms with E-state index in [0.29, 0.717) is 22.3 Å². The summed E-state index contributed by atoms with van der Waals surface area (Å²) in [4.78, 5) is 8.24. The highest BCUT2D eigenvalue weighted by atomic mass is 35.5. The van der Waals surface area contributed by atoms with E-state index < -0.39 is 11.7 Å². The number of rotatable bonds is 2. The van der Waals surface area contributed by atoms with Crippen LogP contribution in [-0.2, 0) is 6.18 Å². The van der Waals surface area contributed by atoms with Crippen LogP contribution in [0.2, 0.25) is 5.02 Å². The Balaban J connectivity index is 1.92. The van der Waals surface area contributed by atoms with Gasteiger partial charge in [0.25, 0.3) is 0 Å². The van der Waals surface area contributed by atoms with Gasteiger partial charge in [-0.15, -0.1) is 0 Å². The van der Waals surface area contributed by atoms with Gasteiger partial charge in [-0.1, -0.05) is 11.6 Å². The quantitative estimate of drug-likeness (QED) is 0.553. The summed E-state index contributed by atoms with van der Waals surface area (Å²) < 4.78 is 40.5. The molecule has 0 saturated carbocycles. The Morgan fingerprint density at radius 2 is 2.00 bits per heavy atom. The molecular formula is C17H8ClF3N6. The van der Waals surface area contributed by atoms with Gasteiger partial charge in [-0.05, 0) is 24.3 Å². The van der Waals surface area contributed by atoms with Gasteiger partial charge in [0, 0.05) is 11.8 Å². The van der Waals surface area contributed by atoms with Crippen LogP contribution in [0.15, 0.2) is 43.0 Å². The zero-order valence-corrected chi connectivity index (χ0v) is 14.0. The van der Waals surface area contributed by atoms with Crippen molar-refractivity contribution in [1.82, 2.24) is 24.7 Å². The van der Waals surface area contributed by atoms with E-state index >= 15 is 0 Å². The van der Waals surface area contributed by atoms with E-state index in [2.05, 4.69) is 20.2 Å². The number of benzene rings is 1. The molecule has 6 nitrogen and oxygen atoms in total. The smallest absolute Gasteiger partial charge is 0.306 e. The van der Waals surface area contributed by atoms with Crippen LogP contribution in [0.5, 0.6) is 0 Å². The van der Waals surface area contributed by atoms with Crippen molar-refractivity contribution in [1.29, 1.82) is 5.26 Å². The van der Waals surface area contributed by atoms with Crippen molar-refractivity contribution >= 4 is 22.6 Å². The molecule has 0 atom stereocenters. The molecule has 0 spiro atoms. The van der Waals surface area contributed by atoms with Crippen molar-refractivity contribution < 1.29 is 13.2 Å². The van der Waals surface area contributed by atoms with Crippen molar-refractivity contribution in [3.05, 3.63) is 59.3 Å². The Labute approximate surface area is 154 Å². The summed E-state index contributed by atoms with van der Waals surface area (Å²) in [6, 6.07) is 6.43. The molecular weight excluding hydrogens is 381 g/mol. The highest BCUT2D eigenvalue weighted by molar-refractivity contribution is 6.32. The number of nitriles is 1. The summed E-state index contributed by atoms with van der Waals surface area (Å²) in [6.45, 7) is 0. The summed E-state index contributed by atoms with van der Waals surface area (Å²) in [5.74, 6) is 0. The molecule has 3 heterocycles. The van der Waals surface area contributed by atoms with Gasteiger partial charge in [-0.25, -0.2) is 9.97 Å². The maximum Gasteiger partial charge on any atom is 0.416 e. The summed E-state index contributed by atoms with van der Waals surface area (Å²) in [5.41, 5.74) is 0.817. The molecule has 27 heavy (non-hydrogen) atoms. The van der Waals surface area contributed by atoms with Crippen LogP contribution in [0, 0.1) is 11.3 Å². The molecule has 4 rings (SSSR count). The molecule has 0 aliphatic carbocycles. The van der Waals surface area contributed by atoms with E-state index in [1.54, 1.807) is 0 Å². The Bertz CT molecular complexity index is 1200. The average Bonchev–Trinajstić information content (AvgIpc) is 3.27. The van der Waals surface area contributed by atoms with Crippen LogP contribution in [-0.4, -0.2) is 24.7 Å². The third-order valence-corrected chi connectivity index (χ3v) is 4.31. The fourth-order valence-corrected chi connectivity index (χ4v) is 2.95. The third kappa shape index (κ3) is 2.90. The van der Waals surface area contributed by atoms with Crippen molar-refractivity contribution in [3.8, 4) is 23.0 Å². The van der Waals surface area contributed by atoms with E-state index in [1.807, 2.05) is 6.07 Å². The number of aromatic nitrogens is 5. The molecule has 0 radical (unpaired) electrons. The average molecular weight is 389 g/mol. The van der Waals surface area contributed by atoms with Gasteiger partial charge in [-0.2, -0.15) is 23.5 Å². The number of hydrogen-bond acceptors (Lipinski definition) is 4. The number of nitrogens with zero attached hydrogens (tertiary/aromatic N) is 5. The fraction of sp³-hybridized carbons (Fsp3) is 0.0588. The lowest BCUT2D eigenvalue weighted by molar-refractivity contribution is -0.137. The van der Waals surface area contributed by atoms with Crippen LogP contribution in [0.1, 0.15) is 11.3 Å². The molecule has 0 amide bonds. The SMILES string of the molecule is N#Cc1cc(-c2ncnc3[nH]ncc23)cn1-c1cc(C(F)(F)F)ccc1Cl. The summed E-state index contributed by atoms with van der Waals surface area (Å²) in [6.07, 6.45) is -0.159. The van der Waals surface area contributed by atoms with E-state index in [0.717, 1.165) is 18.2 Å². The maximum atomic E-state index is 13.1. The predicted octanol–water partition coefficient (Wildman–Crippen LogP) is 4.35. The molecule has 0 unspecified atom stereocenters. The zero-order valence-electron chi connectivity index (χ0n) is 13.3. The number of fused-ring (bicyclic) bond motifs is 1. The van der Waals surface area contributed by atoms with E-state index in [4.69, 9.17) is 11.6 Å². The Hall–Kier alpha value is -3.38. The fourth-order valence-electron chi connectivity index (χ4n) is 2.75. The molecule has 1 aromatic carbocycles. The van der Waals surface area contributed by atoms with E-state index in [9.17, 15) is 18.4 Å². The minimum Gasteiger partial charge on any atom is -0.306 e. The standard InChI is InChI=1S/C17H8ClF3N6/c18-13-2-1-10(17(19,20)21)4-14(13)27-7-9(3-11(27)5-22)15-12-6-25-26-16(12)24-8-23-15/h1-4,6-8H,(H,23,24,25,26). The number of aromatic amines is 1. The monoisotopic (exact) mass is 388 g/mol. The van der Waals surface area contributed by atoms with Gasteiger partial charge in [0.2, 0.25) is 0 Å². The first-order valence-corrected chi connectivity index (χ1v) is 7.90. The van der Waals surface area contributed by atoms with Crippen LogP contribution < -0.4 is 0 Å². The second-order valence-corrected chi connectivity index (χ2v) is 6.02. The Morgan fingerprint density at radius 1 is 1.19 bits per heavy atom. The van der Waals surface area contributed by atoms with Gasteiger partial charge < -0.3 is 4.57 Å². The topological polar surface area (TPSA) is 83.2 Å². The molecule has 0 aliphatic rings. The molecule has 0 bridgehead atoms. The van der Waals surface area contributed by atoms with Crippen molar-refractivity contribution in [3.63, 3.8) is 0 Å². The highest BCUT2D eigenvalue weighted by Gasteiger charge is 2.31. The number of hydrogen-bond donors (Lipinski definition) is 1. The molecule has 10 heteroatoms. The van der Waals surface area contributed by atoms with Crippen LogP contribution in [0.25, 0.3) is 28.0 Å². The third-order valence-electron chi connectivity index (χ3n) is 3.99. The van der Waals surface area contributed by atoms with Crippen molar-refractivity contribution in [2.75, 3.05) is 0 Å². The number of alkyl halides is 3. The van der Waals surface area contributed by atoms with Crippen LogP contribution in [0.4, 0.5) is 13.2 Å². The minimum atomic E-state index is -4.53. The summed E-state index contributed by atoms with van der Waals surface area (Å²) >= 11 is 6.10. The highest BCUT2D eigenvalue weighted by Crippen LogP contribution is 2.35. The summed E-state index contributed by atoms with van der Waals surface area (Å²) in [7, 11) is 0. The zero-order chi connectivity index (χ0) is 19.2. The number of nitrogens with one attached hydrogen (secondary N) is 1. The second kappa shape index (κ2) is 6.10. The van der Waals surface area contributed by atoms with Crippen LogP contribution >= 0.6 is 11.6 Å². The van der Waals surface area contributed by atoms with Crippen molar-refractivity contribution in [2.45, 2.75) is 6.18 Å². The Morgan fingerprint density at radius 3 is 2.74 bits per heavy atom. The second-order valence-electron chi connectivity index (χ2n) is 5.61. The molecule has 3 aromatic heterocycles.